The second-order valence-electron chi connectivity index (χ2n) is 3.65. The minimum Gasteiger partial charge on any atom is -0.409 e. The van der Waals surface area contributed by atoms with Crippen LogP contribution in [0.15, 0.2) is 29.4 Å². The van der Waals surface area contributed by atoms with Gasteiger partial charge < -0.3 is 16.3 Å². The fraction of sp³-hybridized carbons (Fsp3) is 0.273. The van der Waals surface area contributed by atoms with Crippen LogP contribution in [-0.4, -0.2) is 23.5 Å². The second-order valence-corrected chi connectivity index (χ2v) is 3.65. The van der Waals surface area contributed by atoms with Crippen LogP contribution in [0.5, 0.6) is 0 Å². The number of rotatable bonds is 4. The molecule has 1 amide bonds. The van der Waals surface area contributed by atoms with Crippen LogP contribution in [0.4, 0.5) is 4.39 Å². The highest BCUT2D eigenvalue weighted by Gasteiger charge is 2.11. The molecule has 1 unspecified atom stereocenters. The van der Waals surface area contributed by atoms with E-state index in [2.05, 4.69) is 10.5 Å². The van der Waals surface area contributed by atoms with Crippen LogP contribution >= 0.6 is 0 Å². The number of benzene rings is 1. The lowest BCUT2D eigenvalue weighted by Gasteiger charge is -2.10. The van der Waals surface area contributed by atoms with Crippen LogP contribution in [0, 0.1) is 11.7 Å². The number of amides is 1. The van der Waals surface area contributed by atoms with Crippen molar-refractivity contribution in [1.82, 2.24) is 5.32 Å². The molecule has 1 aromatic carbocycles. The normalized spacial score (nSPS) is 13.2. The van der Waals surface area contributed by atoms with Gasteiger partial charge in [-0.3, -0.25) is 4.79 Å². The maximum atomic E-state index is 12.9. The van der Waals surface area contributed by atoms with Crippen LogP contribution < -0.4 is 11.1 Å². The van der Waals surface area contributed by atoms with Gasteiger partial charge in [-0.15, -0.1) is 0 Å². The predicted molar refractivity (Wildman–Crippen MR) is 61.3 cm³/mol. The molecule has 0 saturated heterocycles. The molecule has 0 saturated carbocycles. The number of oxime groups is 1. The zero-order valence-electron chi connectivity index (χ0n) is 9.35. The Labute approximate surface area is 98.1 Å². The lowest BCUT2D eigenvalue weighted by molar-refractivity contribution is 0.0950. The summed E-state index contributed by atoms with van der Waals surface area (Å²) < 4.78 is 12.9. The molecule has 0 spiro atoms. The van der Waals surface area contributed by atoms with Crippen molar-refractivity contribution in [3.63, 3.8) is 0 Å². The Morgan fingerprint density at radius 2 is 2.35 bits per heavy atom. The molecule has 5 nitrogen and oxygen atoms in total. The monoisotopic (exact) mass is 239 g/mol. The molecule has 0 heterocycles. The van der Waals surface area contributed by atoms with E-state index in [1.54, 1.807) is 6.92 Å². The number of halogens is 1. The number of hydrogen-bond acceptors (Lipinski definition) is 3. The maximum absolute atomic E-state index is 12.9. The molecule has 1 rings (SSSR count). The van der Waals surface area contributed by atoms with E-state index in [1.807, 2.05) is 0 Å². The minimum absolute atomic E-state index is 0.0320. The molecule has 1 aromatic rings. The highest BCUT2D eigenvalue weighted by atomic mass is 19.1. The Hall–Kier alpha value is -2.11. The third-order valence-electron chi connectivity index (χ3n) is 2.28. The van der Waals surface area contributed by atoms with E-state index in [0.29, 0.717) is 0 Å². The zero-order valence-corrected chi connectivity index (χ0v) is 9.35. The molecule has 92 valence electrons. The smallest absolute Gasteiger partial charge is 0.251 e. The summed E-state index contributed by atoms with van der Waals surface area (Å²) >= 11 is 0. The molecule has 0 aromatic heterocycles. The van der Waals surface area contributed by atoms with E-state index in [1.165, 1.54) is 18.2 Å². The Bertz CT molecular complexity index is 434. The molecule has 0 aliphatic rings. The zero-order chi connectivity index (χ0) is 12.8. The van der Waals surface area contributed by atoms with E-state index in [0.717, 1.165) is 6.07 Å². The number of nitrogens with one attached hydrogen (secondary N) is 1. The SMILES string of the molecule is CC(CNC(=O)c1cccc(F)c1)C(N)=NO. The predicted octanol–water partition coefficient (Wildman–Crippen LogP) is 0.938. The third kappa shape index (κ3) is 3.75. The number of hydrogen-bond donors (Lipinski definition) is 3. The van der Waals surface area contributed by atoms with Gasteiger partial charge >= 0.3 is 0 Å². The van der Waals surface area contributed by atoms with Gasteiger partial charge in [-0.05, 0) is 18.2 Å². The topological polar surface area (TPSA) is 87.7 Å². The maximum Gasteiger partial charge on any atom is 0.251 e. The summed E-state index contributed by atoms with van der Waals surface area (Å²) in [6.45, 7) is 1.91. The van der Waals surface area contributed by atoms with Crippen LogP contribution in [0.25, 0.3) is 0 Å². The van der Waals surface area contributed by atoms with Crippen LogP contribution in [-0.2, 0) is 0 Å². The fourth-order valence-corrected chi connectivity index (χ4v) is 1.18. The third-order valence-corrected chi connectivity index (χ3v) is 2.28. The first-order chi connectivity index (χ1) is 8.04. The molecular formula is C11H14FN3O2. The van der Waals surface area contributed by atoms with Gasteiger partial charge in [0.05, 0.1) is 0 Å². The van der Waals surface area contributed by atoms with E-state index < -0.39 is 11.7 Å². The average Bonchev–Trinajstić information content (AvgIpc) is 2.34. The fourth-order valence-electron chi connectivity index (χ4n) is 1.18. The lowest BCUT2D eigenvalue weighted by Crippen LogP contribution is -2.34. The molecule has 0 bridgehead atoms. The molecule has 0 aliphatic carbocycles. The molecule has 6 heteroatoms. The summed E-state index contributed by atoms with van der Waals surface area (Å²) in [4.78, 5) is 11.6. The number of nitrogens with zero attached hydrogens (tertiary/aromatic N) is 1. The van der Waals surface area contributed by atoms with Crippen LogP contribution in [0.2, 0.25) is 0 Å². The molecule has 0 radical (unpaired) electrons. The quantitative estimate of drug-likeness (QED) is 0.316. The first-order valence-corrected chi connectivity index (χ1v) is 5.05. The van der Waals surface area contributed by atoms with Crippen molar-refractivity contribution >= 4 is 11.7 Å². The van der Waals surface area contributed by atoms with Gasteiger partial charge in [-0.25, -0.2) is 4.39 Å². The number of amidine groups is 1. The highest BCUT2D eigenvalue weighted by molar-refractivity contribution is 5.94. The number of carbonyl (C=O) groups excluding carboxylic acids is 1. The van der Waals surface area contributed by atoms with Crippen molar-refractivity contribution in [2.75, 3.05) is 6.54 Å². The first-order valence-electron chi connectivity index (χ1n) is 5.05. The second kappa shape index (κ2) is 5.83. The van der Waals surface area contributed by atoms with Crippen molar-refractivity contribution in [2.24, 2.45) is 16.8 Å². The van der Waals surface area contributed by atoms with Crippen molar-refractivity contribution < 1.29 is 14.4 Å². The summed E-state index contributed by atoms with van der Waals surface area (Å²) in [7, 11) is 0. The van der Waals surface area contributed by atoms with Crippen molar-refractivity contribution in [1.29, 1.82) is 0 Å². The number of nitrogens with two attached hydrogens (primary N) is 1. The van der Waals surface area contributed by atoms with Crippen LogP contribution in [0.3, 0.4) is 0 Å². The Morgan fingerprint density at radius 3 is 2.94 bits per heavy atom. The van der Waals surface area contributed by atoms with E-state index >= 15 is 0 Å². The molecule has 4 N–H and O–H groups in total. The standard InChI is InChI=1S/C11H14FN3O2/c1-7(10(13)15-17)6-14-11(16)8-3-2-4-9(12)5-8/h2-5,7,17H,6H2,1H3,(H2,13,15)(H,14,16). The first kappa shape index (κ1) is 13.0. The van der Waals surface area contributed by atoms with E-state index in [4.69, 9.17) is 10.9 Å². The van der Waals surface area contributed by atoms with Crippen molar-refractivity contribution in [3.8, 4) is 0 Å². The molecule has 1 atom stereocenters. The van der Waals surface area contributed by atoms with Gasteiger partial charge in [0.25, 0.3) is 5.91 Å². The van der Waals surface area contributed by atoms with Gasteiger partial charge in [0.1, 0.15) is 11.7 Å². The molecular weight excluding hydrogens is 225 g/mol. The van der Waals surface area contributed by atoms with Gasteiger partial charge in [0, 0.05) is 18.0 Å². The van der Waals surface area contributed by atoms with Crippen molar-refractivity contribution in [2.45, 2.75) is 6.92 Å². The molecule has 17 heavy (non-hydrogen) atoms. The highest BCUT2D eigenvalue weighted by Crippen LogP contribution is 2.03. The van der Waals surface area contributed by atoms with E-state index in [-0.39, 0.29) is 23.9 Å². The van der Waals surface area contributed by atoms with Gasteiger partial charge in [-0.2, -0.15) is 0 Å². The Kier molecular flexibility index (Phi) is 4.45. The van der Waals surface area contributed by atoms with Gasteiger partial charge in [0.15, 0.2) is 0 Å². The van der Waals surface area contributed by atoms with E-state index in [9.17, 15) is 9.18 Å². The summed E-state index contributed by atoms with van der Waals surface area (Å²) in [6, 6.07) is 5.36. The largest absolute Gasteiger partial charge is 0.409 e. The summed E-state index contributed by atoms with van der Waals surface area (Å²) in [5, 5.41) is 13.8. The summed E-state index contributed by atoms with van der Waals surface area (Å²) in [5.74, 6) is -1.13. The number of carbonyl (C=O) groups is 1. The summed E-state index contributed by atoms with van der Waals surface area (Å²) in [6.07, 6.45) is 0. The van der Waals surface area contributed by atoms with Gasteiger partial charge in [0.2, 0.25) is 0 Å². The Morgan fingerprint density at radius 1 is 1.65 bits per heavy atom. The summed E-state index contributed by atoms with van der Waals surface area (Å²) in [5.41, 5.74) is 5.59. The van der Waals surface area contributed by atoms with Crippen LogP contribution in [0.1, 0.15) is 17.3 Å². The van der Waals surface area contributed by atoms with Gasteiger partial charge in [-0.1, -0.05) is 18.1 Å². The minimum atomic E-state index is -0.470. The lowest BCUT2D eigenvalue weighted by atomic mass is 10.1. The van der Waals surface area contributed by atoms with Crippen molar-refractivity contribution in [3.05, 3.63) is 35.6 Å². The molecule has 0 fully saturated rings. The Balaban J connectivity index is 2.56. The molecule has 0 aliphatic heterocycles. The average molecular weight is 239 g/mol.